The van der Waals surface area contributed by atoms with Crippen molar-refractivity contribution in [2.75, 3.05) is 11.1 Å². The number of pyridine rings is 1. The first-order valence-corrected chi connectivity index (χ1v) is 4.57. The van der Waals surface area contributed by atoms with Crippen LogP contribution in [-0.2, 0) is 0 Å². The van der Waals surface area contributed by atoms with Crippen molar-refractivity contribution in [2.45, 2.75) is 0 Å². The Morgan fingerprint density at radius 1 is 1.67 bits per heavy atom. The lowest BCUT2D eigenvalue weighted by molar-refractivity contribution is 1.24. The molecule has 3 N–H and O–H groups in total. The lowest BCUT2D eigenvalue weighted by atomic mass is 10.2. The minimum atomic E-state index is -0.244. The van der Waals surface area contributed by atoms with Crippen LogP contribution in [0, 0.1) is 0 Å². The average molecular weight is 229 g/mol. The summed E-state index contributed by atoms with van der Waals surface area (Å²) >= 11 is 3.25. The zero-order valence-electron chi connectivity index (χ0n) is 6.38. The number of nitrogens with one attached hydrogen (secondary N) is 1. The van der Waals surface area contributed by atoms with Crippen molar-refractivity contribution in [3.8, 4) is 0 Å². The maximum absolute atomic E-state index is 10.8. The first kappa shape index (κ1) is 9.06. The fourth-order valence-electron chi connectivity index (χ4n) is 0.796. The molecule has 0 spiro atoms. The first-order valence-electron chi connectivity index (χ1n) is 3.45. The number of allylic oxidation sites excluding steroid dienone is 1. The van der Waals surface area contributed by atoms with E-state index in [1.165, 1.54) is 0 Å². The minimum absolute atomic E-state index is 0.242. The number of hydrogen-bond donors (Lipinski definition) is 2. The van der Waals surface area contributed by atoms with E-state index in [0.717, 1.165) is 10.9 Å². The number of halogens is 1. The molecule has 0 atom stereocenters. The van der Waals surface area contributed by atoms with Crippen LogP contribution in [0.5, 0.6) is 0 Å². The minimum Gasteiger partial charge on any atom is -0.394 e. The van der Waals surface area contributed by atoms with Crippen LogP contribution in [0.4, 0.5) is 5.69 Å². The summed E-state index contributed by atoms with van der Waals surface area (Å²) in [5.74, 6) is 0. The smallest absolute Gasteiger partial charge is 0.271 e. The second-order valence-corrected chi connectivity index (χ2v) is 2.92. The Kier molecular flexibility index (Phi) is 3.10. The van der Waals surface area contributed by atoms with Crippen molar-refractivity contribution in [1.29, 1.82) is 0 Å². The Morgan fingerprint density at radius 3 is 3.00 bits per heavy atom. The quantitative estimate of drug-likeness (QED) is 0.752. The summed E-state index contributed by atoms with van der Waals surface area (Å²) in [6.07, 6.45) is 5.42. The Bertz CT molecular complexity index is 343. The number of rotatable bonds is 2. The predicted molar refractivity (Wildman–Crippen MR) is 54.3 cm³/mol. The van der Waals surface area contributed by atoms with E-state index in [-0.39, 0.29) is 11.2 Å². The second-order valence-electron chi connectivity index (χ2n) is 2.27. The fourth-order valence-corrected chi connectivity index (χ4v) is 0.983. The third-order valence-electron chi connectivity index (χ3n) is 1.35. The molecule has 0 saturated heterocycles. The Labute approximate surface area is 78.4 Å². The van der Waals surface area contributed by atoms with Gasteiger partial charge in [-0.3, -0.25) is 4.79 Å². The monoisotopic (exact) mass is 228 g/mol. The summed E-state index contributed by atoms with van der Waals surface area (Å²) in [4.78, 5) is 13.4. The van der Waals surface area contributed by atoms with Crippen molar-refractivity contribution in [2.24, 2.45) is 0 Å². The summed E-state index contributed by atoms with van der Waals surface area (Å²) < 4.78 is 0. The van der Waals surface area contributed by atoms with E-state index in [2.05, 4.69) is 20.9 Å². The van der Waals surface area contributed by atoms with Crippen molar-refractivity contribution in [1.82, 2.24) is 4.98 Å². The maximum Gasteiger partial charge on any atom is 0.271 e. The maximum atomic E-state index is 10.8. The van der Waals surface area contributed by atoms with Gasteiger partial charge in [0.05, 0.1) is 5.69 Å². The molecule has 0 unspecified atom stereocenters. The third-order valence-corrected chi connectivity index (χ3v) is 1.73. The highest BCUT2D eigenvalue weighted by atomic mass is 79.9. The molecule has 0 aliphatic carbocycles. The predicted octanol–water partition coefficient (Wildman–Crippen LogP) is 1.37. The molecule has 1 rings (SSSR count). The highest BCUT2D eigenvalue weighted by Gasteiger charge is 1.92. The van der Waals surface area contributed by atoms with Gasteiger partial charge < -0.3 is 10.7 Å². The van der Waals surface area contributed by atoms with E-state index in [1.807, 2.05) is 12.2 Å². The lowest BCUT2D eigenvalue weighted by Crippen LogP contribution is -2.10. The Balaban J connectivity index is 2.97. The van der Waals surface area contributed by atoms with Crippen LogP contribution in [-0.4, -0.2) is 10.3 Å². The van der Waals surface area contributed by atoms with E-state index in [9.17, 15) is 4.79 Å². The molecular weight excluding hydrogens is 220 g/mol. The number of aromatic amines is 1. The molecule has 1 aromatic heterocycles. The molecular formula is C8H9BrN2O. The van der Waals surface area contributed by atoms with E-state index < -0.39 is 0 Å². The van der Waals surface area contributed by atoms with Crippen LogP contribution in [0.3, 0.4) is 0 Å². The normalized spacial score (nSPS) is 10.8. The molecule has 0 aromatic carbocycles. The van der Waals surface area contributed by atoms with Crippen LogP contribution in [0.2, 0.25) is 0 Å². The number of alkyl halides is 1. The third kappa shape index (κ3) is 2.23. The second kappa shape index (κ2) is 4.11. The SMILES string of the molecule is Nc1cc(C=CCBr)c[nH]c1=O. The lowest BCUT2D eigenvalue weighted by Gasteiger charge is -1.93. The number of nitrogen functional groups attached to an aromatic ring is 1. The molecule has 0 aliphatic heterocycles. The zero-order chi connectivity index (χ0) is 8.97. The van der Waals surface area contributed by atoms with Gasteiger partial charge >= 0.3 is 0 Å². The van der Waals surface area contributed by atoms with Gasteiger partial charge in [0.25, 0.3) is 5.56 Å². The molecule has 12 heavy (non-hydrogen) atoms. The summed E-state index contributed by atoms with van der Waals surface area (Å²) in [6.45, 7) is 0. The van der Waals surface area contributed by atoms with E-state index in [1.54, 1.807) is 12.3 Å². The van der Waals surface area contributed by atoms with Crippen molar-refractivity contribution < 1.29 is 0 Å². The molecule has 64 valence electrons. The summed E-state index contributed by atoms with van der Waals surface area (Å²) in [5.41, 5.74) is 6.30. The van der Waals surface area contributed by atoms with Gasteiger partial charge in [-0.1, -0.05) is 28.1 Å². The Morgan fingerprint density at radius 2 is 2.42 bits per heavy atom. The molecule has 0 aliphatic rings. The number of nitrogens with two attached hydrogens (primary N) is 1. The van der Waals surface area contributed by atoms with E-state index >= 15 is 0 Å². The molecule has 3 nitrogen and oxygen atoms in total. The summed E-state index contributed by atoms with van der Waals surface area (Å²) in [5, 5.41) is 0.784. The average Bonchev–Trinajstić information content (AvgIpc) is 2.07. The Hall–Kier alpha value is -1.03. The van der Waals surface area contributed by atoms with Gasteiger partial charge in [0.15, 0.2) is 0 Å². The van der Waals surface area contributed by atoms with Crippen LogP contribution >= 0.6 is 15.9 Å². The standard InChI is InChI=1S/C8H9BrN2O/c9-3-1-2-6-4-7(10)8(12)11-5-6/h1-2,4-5H,3,10H2,(H,11,12). The van der Waals surface area contributed by atoms with Gasteiger partial charge in [-0.15, -0.1) is 0 Å². The van der Waals surface area contributed by atoms with Crippen molar-refractivity contribution >= 4 is 27.7 Å². The summed E-state index contributed by atoms with van der Waals surface area (Å²) in [7, 11) is 0. The van der Waals surface area contributed by atoms with Gasteiger partial charge in [-0.2, -0.15) is 0 Å². The molecule has 0 bridgehead atoms. The number of hydrogen-bond acceptors (Lipinski definition) is 2. The number of aromatic nitrogens is 1. The first-order chi connectivity index (χ1) is 5.74. The van der Waals surface area contributed by atoms with Crippen LogP contribution < -0.4 is 11.3 Å². The highest BCUT2D eigenvalue weighted by molar-refractivity contribution is 9.09. The zero-order valence-corrected chi connectivity index (χ0v) is 7.97. The molecule has 0 amide bonds. The van der Waals surface area contributed by atoms with Crippen molar-refractivity contribution in [3.63, 3.8) is 0 Å². The van der Waals surface area contributed by atoms with Gasteiger partial charge in [0, 0.05) is 11.5 Å². The molecule has 0 fully saturated rings. The van der Waals surface area contributed by atoms with Gasteiger partial charge in [0.2, 0.25) is 0 Å². The van der Waals surface area contributed by atoms with Crippen LogP contribution in [0.25, 0.3) is 6.08 Å². The molecule has 0 radical (unpaired) electrons. The topological polar surface area (TPSA) is 58.9 Å². The van der Waals surface area contributed by atoms with Gasteiger partial charge in [-0.25, -0.2) is 0 Å². The van der Waals surface area contributed by atoms with Crippen molar-refractivity contribution in [3.05, 3.63) is 34.3 Å². The van der Waals surface area contributed by atoms with Gasteiger partial charge in [0.1, 0.15) is 0 Å². The van der Waals surface area contributed by atoms with Crippen LogP contribution in [0.15, 0.2) is 23.1 Å². The molecule has 1 heterocycles. The molecule has 1 aromatic rings. The molecule has 0 saturated carbocycles. The number of H-pyrrole nitrogens is 1. The molecule has 4 heteroatoms. The largest absolute Gasteiger partial charge is 0.394 e. The fraction of sp³-hybridized carbons (Fsp3) is 0.125. The highest BCUT2D eigenvalue weighted by Crippen LogP contribution is 2.02. The number of anilines is 1. The van der Waals surface area contributed by atoms with E-state index in [0.29, 0.717) is 0 Å². The summed E-state index contributed by atoms with van der Waals surface area (Å²) in [6, 6.07) is 1.64. The van der Waals surface area contributed by atoms with E-state index in [4.69, 9.17) is 5.73 Å². The van der Waals surface area contributed by atoms with Crippen LogP contribution in [0.1, 0.15) is 5.56 Å². The van der Waals surface area contributed by atoms with Gasteiger partial charge in [-0.05, 0) is 11.6 Å².